The van der Waals surface area contributed by atoms with Crippen LogP contribution in [-0.2, 0) is 21.2 Å². The van der Waals surface area contributed by atoms with Gasteiger partial charge in [-0.15, -0.1) is 0 Å². The van der Waals surface area contributed by atoms with Gasteiger partial charge in [0, 0.05) is 36.1 Å². The Morgan fingerprint density at radius 3 is 2.65 bits per heavy atom. The predicted octanol–water partition coefficient (Wildman–Crippen LogP) is 2.56. The maximum atomic E-state index is 12.6. The normalized spacial score (nSPS) is 16.3. The lowest BCUT2D eigenvalue weighted by Crippen LogP contribution is -2.37. The van der Waals surface area contributed by atoms with E-state index in [4.69, 9.17) is 4.74 Å². The lowest BCUT2D eigenvalue weighted by atomic mass is 10.0. The van der Waals surface area contributed by atoms with E-state index in [1.807, 2.05) is 36.4 Å². The predicted molar refractivity (Wildman–Crippen MR) is 122 cm³/mol. The maximum absolute atomic E-state index is 12.6. The molecule has 0 atom stereocenters. The molecule has 3 aromatic rings. The number of rotatable bonds is 6. The first-order valence-electron chi connectivity index (χ1n) is 10.6. The minimum atomic E-state index is -3.45. The molecule has 2 heterocycles. The molecule has 7 nitrogen and oxygen atoms in total. The van der Waals surface area contributed by atoms with Gasteiger partial charge in [0.25, 0.3) is 5.56 Å². The molecule has 0 amide bonds. The number of anilines is 1. The third kappa shape index (κ3) is 4.11. The Hall–Kier alpha value is -2.68. The van der Waals surface area contributed by atoms with E-state index < -0.39 is 10.0 Å². The summed E-state index contributed by atoms with van der Waals surface area (Å²) < 4.78 is 33.2. The third-order valence-electron chi connectivity index (χ3n) is 6.05. The zero-order valence-electron chi connectivity index (χ0n) is 17.2. The Morgan fingerprint density at radius 2 is 1.84 bits per heavy atom. The van der Waals surface area contributed by atoms with E-state index in [2.05, 4.69) is 14.6 Å². The van der Waals surface area contributed by atoms with Crippen LogP contribution in [0.1, 0.15) is 17.5 Å². The highest BCUT2D eigenvalue weighted by molar-refractivity contribution is 7.92. The Morgan fingerprint density at radius 1 is 1.06 bits per heavy atom. The molecule has 1 saturated heterocycles. The average molecular weight is 440 g/mol. The van der Waals surface area contributed by atoms with Crippen molar-refractivity contribution in [3.05, 3.63) is 63.9 Å². The van der Waals surface area contributed by atoms with Crippen LogP contribution in [0.25, 0.3) is 22.0 Å². The summed E-state index contributed by atoms with van der Waals surface area (Å²) in [7, 11) is -3.45. The summed E-state index contributed by atoms with van der Waals surface area (Å²) in [6, 6.07) is 13.1. The summed E-state index contributed by atoms with van der Waals surface area (Å²) >= 11 is 0. The monoisotopic (exact) mass is 439 g/mol. The smallest absolute Gasteiger partial charge is 0.256 e. The van der Waals surface area contributed by atoms with Crippen LogP contribution in [0.5, 0.6) is 0 Å². The van der Waals surface area contributed by atoms with Crippen LogP contribution < -0.4 is 10.3 Å². The number of nitrogens with one attached hydrogen (secondary N) is 2. The quantitative estimate of drug-likeness (QED) is 0.482. The van der Waals surface area contributed by atoms with E-state index in [9.17, 15) is 13.2 Å². The summed E-state index contributed by atoms with van der Waals surface area (Å²) in [5.41, 5.74) is 4.22. The molecule has 2 aliphatic rings. The van der Waals surface area contributed by atoms with E-state index in [1.165, 1.54) is 0 Å². The molecule has 0 saturated carbocycles. The van der Waals surface area contributed by atoms with E-state index in [-0.39, 0.29) is 11.3 Å². The number of fused-ring (bicyclic) bond motifs is 5. The average Bonchev–Trinajstić information content (AvgIpc) is 3.12. The topological polar surface area (TPSA) is 91.5 Å². The van der Waals surface area contributed by atoms with Crippen molar-refractivity contribution in [2.24, 2.45) is 0 Å². The van der Waals surface area contributed by atoms with Crippen molar-refractivity contribution in [1.29, 1.82) is 0 Å². The van der Waals surface area contributed by atoms with Crippen molar-refractivity contribution >= 4 is 26.5 Å². The van der Waals surface area contributed by atoms with Crippen molar-refractivity contribution in [3.63, 3.8) is 0 Å². The molecule has 1 fully saturated rings. The van der Waals surface area contributed by atoms with Crippen LogP contribution in [0.2, 0.25) is 0 Å². The lowest BCUT2D eigenvalue weighted by molar-refractivity contribution is 0.0381. The Balaban J connectivity index is 1.34. The van der Waals surface area contributed by atoms with Crippen molar-refractivity contribution in [1.82, 2.24) is 9.88 Å². The zero-order valence-corrected chi connectivity index (χ0v) is 18.0. The molecule has 0 radical (unpaired) electrons. The van der Waals surface area contributed by atoms with E-state index >= 15 is 0 Å². The third-order valence-corrected chi connectivity index (χ3v) is 7.42. The molecule has 1 aliphatic carbocycles. The molecule has 1 aromatic heterocycles. The van der Waals surface area contributed by atoms with Gasteiger partial charge in [-0.3, -0.25) is 14.4 Å². The fraction of sp³-hybridized carbons (Fsp3) is 0.348. The minimum Gasteiger partial charge on any atom is -0.379 e. The van der Waals surface area contributed by atoms with Gasteiger partial charge in [0.15, 0.2) is 0 Å². The lowest BCUT2D eigenvalue weighted by Gasteiger charge is -2.26. The molecule has 0 unspecified atom stereocenters. The Bertz CT molecular complexity index is 1290. The number of ether oxygens (including phenoxy) is 1. The highest BCUT2D eigenvalue weighted by Crippen LogP contribution is 2.39. The number of hydrogen-bond acceptors (Lipinski definition) is 5. The maximum Gasteiger partial charge on any atom is 0.256 e. The number of aromatic amines is 1. The number of aromatic nitrogens is 1. The van der Waals surface area contributed by atoms with E-state index in [0.717, 1.165) is 47.4 Å². The number of hydrogen-bond donors (Lipinski definition) is 2. The van der Waals surface area contributed by atoms with Gasteiger partial charge in [-0.25, -0.2) is 8.42 Å². The van der Waals surface area contributed by atoms with Gasteiger partial charge in [0.05, 0.1) is 24.7 Å². The molecule has 162 valence electrons. The number of morpholine rings is 1. The molecule has 0 spiro atoms. The van der Waals surface area contributed by atoms with Gasteiger partial charge in [-0.05, 0) is 47.7 Å². The van der Waals surface area contributed by atoms with Crippen LogP contribution in [0.4, 0.5) is 5.69 Å². The standard InChI is InChI=1S/C23H25N3O4S/c27-23-19-5-2-1-4-18(19)21-14-16-6-7-17(15-20(16)22(21)24-23)25-31(28,29)13-3-8-26-9-11-30-12-10-26/h1-2,4-7,15,25H,3,8-14H2,(H,24,27). The summed E-state index contributed by atoms with van der Waals surface area (Å²) in [4.78, 5) is 17.8. The Labute approximate surface area is 181 Å². The molecule has 2 aromatic carbocycles. The van der Waals surface area contributed by atoms with Gasteiger partial charge >= 0.3 is 0 Å². The van der Waals surface area contributed by atoms with Gasteiger partial charge < -0.3 is 9.72 Å². The first-order chi connectivity index (χ1) is 15.0. The summed E-state index contributed by atoms with van der Waals surface area (Å²) in [5.74, 6) is 0.0689. The van der Waals surface area contributed by atoms with Crippen molar-refractivity contribution in [2.75, 3.05) is 43.3 Å². The van der Waals surface area contributed by atoms with Gasteiger partial charge in [0.2, 0.25) is 10.0 Å². The number of H-pyrrole nitrogens is 1. The highest BCUT2D eigenvalue weighted by Gasteiger charge is 2.23. The fourth-order valence-electron chi connectivity index (χ4n) is 4.50. The van der Waals surface area contributed by atoms with Crippen LogP contribution in [0, 0.1) is 0 Å². The molecular weight excluding hydrogens is 414 g/mol. The SMILES string of the molecule is O=c1[nH]c2c(c3ccccc13)Cc1ccc(NS(=O)(=O)CCCN3CCOCC3)cc1-2. The van der Waals surface area contributed by atoms with Crippen molar-refractivity contribution in [2.45, 2.75) is 12.8 Å². The summed E-state index contributed by atoms with van der Waals surface area (Å²) in [5, 5.41) is 1.62. The molecule has 2 N–H and O–H groups in total. The van der Waals surface area contributed by atoms with Crippen LogP contribution in [0.3, 0.4) is 0 Å². The number of pyridine rings is 1. The van der Waals surface area contributed by atoms with Gasteiger partial charge in [0.1, 0.15) is 0 Å². The second-order valence-corrected chi connectivity index (χ2v) is 9.97. The van der Waals surface area contributed by atoms with Crippen LogP contribution in [0.15, 0.2) is 47.3 Å². The molecule has 1 aliphatic heterocycles. The van der Waals surface area contributed by atoms with E-state index in [0.29, 0.717) is 37.1 Å². The van der Waals surface area contributed by atoms with Crippen LogP contribution >= 0.6 is 0 Å². The number of nitrogens with zero attached hydrogens (tertiary/aromatic N) is 1. The summed E-state index contributed by atoms with van der Waals surface area (Å²) in [6.07, 6.45) is 1.29. The largest absolute Gasteiger partial charge is 0.379 e. The van der Waals surface area contributed by atoms with Crippen molar-refractivity contribution < 1.29 is 13.2 Å². The number of benzene rings is 2. The van der Waals surface area contributed by atoms with Crippen LogP contribution in [-0.4, -0.2) is 56.9 Å². The zero-order chi connectivity index (χ0) is 21.4. The molecule has 0 bridgehead atoms. The molecule has 8 heteroatoms. The van der Waals surface area contributed by atoms with Gasteiger partial charge in [-0.1, -0.05) is 24.3 Å². The number of sulfonamides is 1. The second kappa shape index (κ2) is 8.11. The second-order valence-electron chi connectivity index (χ2n) is 8.13. The van der Waals surface area contributed by atoms with Crippen molar-refractivity contribution in [3.8, 4) is 11.3 Å². The first-order valence-corrected chi connectivity index (χ1v) is 12.2. The first kappa shape index (κ1) is 20.2. The highest BCUT2D eigenvalue weighted by atomic mass is 32.2. The Kier molecular flexibility index (Phi) is 5.29. The van der Waals surface area contributed by atoms with Gasteiger partial charge in [-0.2, -0.15) is 0 Å². The fourth-order valence-corrected chi connectivity index (χ4v) is 5.60. The molecule has 31 heavy (non-hydrogen) atoms. The minimum absolute atomic E-state index is 0.0689. The molecule has 5 rings (SSSR count). The molecular formula is C23H25N3O4S. The summed E-state index contributed by atoms with van der Waals surface area (Å²) in [6.45, 7) is 3.86. The van der Waals surface area contributed by atoms with E-state index in [1.54, 1.807) is 6.07 Å².